The van der Waals surface area contributed by atoms with Crippen molar-refractivity contribution in [1.29, 1.82) is 0 Å². The van der Waals surface area contributed by atoms with E-state index in [1.54, 1.807) is 33.0 Å². The van der Waals surface area contributed by atoms with Crippen LogP contribution >= 0.6 is 0 Å². The Hall–Kier alpha value is -3.44. The molecule has 0 radical (unpaired) electrons. The van der Waals surface area contributed by atoms with E-state index in [1.807, 2.05) is 42.3 Å². The van der Waals surface area contributed by atoms with Gasteiger partial charge in [0.25, 0.3) is 0 Å². The Balaban J connectivity index is 1.30. The second kappa shape index (κ2) is 11.2. The molecule has 3 aromatic rings. The van der Waals surface area contributed by atoms with Crippen molar-refractivity contribution in [2.75, 3.05) is 53.1 Å². The normalized spacial score (nSPS) is 16.2. The summed E-state index contributed by atoms with van der Waals surface area (Å²) in [5.41, 5.74) is 3.52. The minimum Gasteiger partial charge on any atom is -0.369 e. The summed E-state index contributed by atoms with van der Waals surface area (Å²) < 4.78 is 42.2. The minimum atomic E-state index is -3.55. The molecule has 2 aliphatic rings. The van der Waals surface area contributed by atoms with Crippen LogP contribution < -0.4 is 25.2 Å². The van der Waals surface area contributed by atoms with E-state index in [4.69, 9.17) is 4.98 Å². The number of hydrogen-bond acceptors (Lipinski definition) is 8. The molecular formula is C29H38FN7O2S. The highest BCUT2D eigenvalue weighted by molar-refractivity contribution is 7.94. The molecule has 0 spiro atoms. The van der Waals surface area contributed by atoms with Crippen molar-refractivity contribution in [3.8, 4) is 0 Å². The van der Waals surface area contributed by atoms with Crippen LogP contribution in [0.25, 0.3) is 0 Å². The highest BCUT2D eigenvalue weighted by Gasteiger charge is 2.29. The summed E-state index contributed by atoms with van der Waals surface area (Å²) in [4.78, 5) is 13.4. The van der Waals surface area contributed by atoms with E-state index < -0.39 is 14.8 Å². The van der Waals surface area contributed by atoms with Crippen LogP contribution in [0.15, 0.2) is 48.7 Å². The van der Waals surface area contributed by atoms with Gasteiger partial charge in [0.2, 0.25) is 16.0 Å². The van der Waals surface area contributed by atoms with Crippen LogP contribution in [-0.4, -0.2) is 56.4 Å². The largest absolute Gasteiger partial charge is 0.369 e. The fourth-order valence-corrected chi connectivity index (χ4v) is 5.88. The molecule has 11 heteroatoms. The van der Waals surface area contributed by atoms with Crippen LogP contribution in [0.5, 0.6) is 0 Å². The first-order chi connectivity index (χ1) is 19.0. The van der Waals surface area contributed by atoms with Gasteiger partial charge in [-0.2, -0.15) is 4.98 Å². The van der Waals surface area contributed by atoms with Gasteiger partial charge in [0.05, 0.1) is 16.1 Å². The van der Waals surface area contributed by atoms with Crippen LogP contribution in [0.1, 0.15) is 39.2 Å². The van der Waals surface area contributed by atoms with Crippen molar-refractivity contribution in [1.82, 2.24) is 15.3 Å². The molecule has 0 atom stereocenters. The van der Waals surface area contributed by atoms with E-state index in [0.717, 1.165) is 56.0 Å². The Kier molecular flexibility index (Phi) is 7.87. The van der Waals surface area contributed by atoms with Gasteiger partial charge in [0.1, 0.15) is 11.6 Å². The third kappa shape index (κ3) is 6.00. The predicted molar refractivity (Wildman–Crippen MR) is 160 cm³/mol. The smallest absolute Gasteiger partial charge is 0.237 e. The Morgan fingerprint density at radius 1 is 1.05 bits per heavy atom. The molecular weight excluding hydrogens is 529 g/mol. The number of piperidine rings is 1. The van der Waals surface area contributed by atoms with Gasteiger partial charge in [-0.15, -0.1) is 0 Å². The second-order valence-corrected chi connectivity index (χ2v) is 13.9. The van der Waals surface area contributed by atoms with Gasteiger partial charge in [0.15, 0.2) is 0 Å². The maximum absolute atomic E-state index is 15.1. The fourth-order valence-electron chi connectivity index (χ4n) is 5.14. The van der Waals surface area contributed by atoms with Gasteiger partial charge >= 0.3 is 0 Å². The molecule has 2 aliphatic heterocycles. The molecule has 0 aliphatic carbocycles. The van der Waals surface area contributed by atoms with E-state index in [0.29, 0.717) is 35.5 Å². The number of sulfonamides is 1. The first kappa shape index (κ1) is 28.1. The third-order valence-corrected chi connectivity index (χ3v) is 9.69. The average molecular weight is 568 g/mol. The lowest BCUT2D eigenvalue weighted by Crippen LogP contribution is -2.37. The molecule has 3 heterocycles. The molecule has 0 bridgehead atoms. The van der Waals surface area contributed by atoms with Crippen LogP contribution in [0.3, 0.4) is 0 Å². The standard InChI is InChI=1S/C29H38FN7O2S/c1-29(2,3)40(38,39)35-23-6-5-7-24(16-23)37-15-12-21-19-32-28(34-27(21)37)33-22-8-9-26(25(30)17-22)36-13-10-20(11-14-36)18-31-4/h5-9,16-17,19-20,31,35H,10-15,18H2,1-4H3,(H,32,33,34). The monoisotopic (exact) mass is 567 g/mol. The number of nitrogens with one attached hydrogen (secondary N) is 3. The van der Waals surface area contributed by atoms with E-state index in [-0.39, 0.29) is 5.82 Å². The van der Waals surface area contributed by atoms with Crippen LogP contribution in [0.4, 0.5) is 38.9 Å². The first-order valence-electron chi connectivity index (χ1n) is 13.8. The first-order valence-corrected chi connectivity index (χ1v) is 15.2. The highest BCUT2D eigenvalue weighted by atomic mass is 32.2. The van der Waals surface area contributed by atoms with Gasteiger partial charge in [-0.1, -0.05) is 6.07 Å². The number of aromatic nitrogens is 2. The lowest BCUT2D eigenvalue weighted by Gasteiger charge is -2.33. The van der Waals surface area contributed by atoms with E-state index in [1.165, 1.54) is 6.07 Å². The maximum Gasteiger partial charge on any atom is 0.237 e. The zero-order valence-electron chi connectivity index (χ0n) is 23.5. The van der Waals surface area contributed by atoms with Crippen molar-refractivity contribution >= 4 is 44.5 Å². The molecule has 214 valence electrons. The molecule has 2 aromatic carbocycles. The van der Waals surface area contributed by atoms with E-state index >= 15 is 4.39 Å². The number of anilines is 6. The minimum absolute atomic E-state index is 0.269. The summed E-state index contributed by atoms with van der Waals surface area (Å²) in [5.74, 6) is 1.48. The lowest BCUT2D eigenvalue weighted by atomic mass is 9.96. The molecule has 1 fully saturated rings. The molecule has 40 heavy (non-hydrogen) atoms. The summed E-state index contributed by atoms with van der Waals surface area (Å²) in [6, 6.07) is 12.5. The molecule has 3 N–H and O–H groups in total. The Labute approximate surface area is 236 Å². The molecule has 1 saturated heterocycles. The summed E-state index contributed by atoms with van der Waals surface area (Å²) in [5, 5.41) is 6.39. The Bertz CT molecular complexity index is 1470. The van der Waals surface area contributed by atoms with Gasteiger partial charge in [0, 0.05) is 42.8 Å². The Morgan fingerprint density at radius 3 is 2.52 bits per heavy atom. The predicted octanol–water partition coefficient (Wildman–Crippen LogP) is 5.03. The summed E-state index contributed by atoms with van der Waals surface area (Å²) in [6.45, 7) is 8.37. The quantitative estimate of drug-likeness (QED) is 0.348. The summed E-state index contributed by atoms with van der Waals surface area (Å²) >= 11 is 0. The van der Waals surface area contributed by atoms with Crippen molar-refractivity contribution in [2.24, 2.45) is 5.92 Å². The second-order valence-electron chi connectivity index (χ2n) is 11.5. The summed E-state index contributed by atoms with van der Waals surface area (Å²) in [6.07, 6.45) is 4.65. The van der Waals surface area contributed by atoms with Gasteiger partial charge in [-0.25, -0.2) is 17.8 Å². The molecule has 9 nitrogen and oxygen atoms in total. The van der Waals surface area contributed by atoms with Gasteiger partial charge < -0.3 is 20.4 Å². The number of benzene rings is 2. The SMILES string of the molecule is CNCC1CCN(c2ccc(Nc3ncc4c(n3)N(c3cccc(NS(=O)(=O)C(C)(C)C)c3)CC4)cc2F)CC1. The zero-order valence-corrected chi connectivity index (χ0v) is 24.4. The molecule has 5 rings (SSSR count). The van der Waals surface area contributed by atoms with Crippen molar-refractivity contribution < 1.29 is 12.8 Å². The number of fused-ring (bicyclic) bond motifs is 1. The van der Waals surface area contributed by atoms with Crippen molar-refractivity contribution in [3.05, 3.63) is 60.0 Å². The van der Waals surface area contributed by atoms with Crippen molar-refractivity contribution in [3.63, 3.8) is 0 Å². The molecule has 0 amide bonds. The third-order valence-electron chi connectivity index (χ3n) is 7.57. The fraction of sp³-hybridized carbons (Fsp3) is 0.448. The van der Waals surface area contributed by atoms with Gasteiger partial charge in [-0.3, -0.25) is 4.72 Å². The van der Waals surface area contributed by atoms with Crippen LogP contribution in [-0.2, 0) is 16.4 Å². The highest BCUT2D eigenvalue weighted by Crippen LogP contribution is 2.35. The average Bonchev–Trinajstić information content (AvgIpc) is 3.32. The van der Waals surface area contributed by atoms with Gasteiger partial charge in [-0.05, 0) is 95.9 Å². The number of halogens is 1. The number of nitrogens with zero attached hydrogens (tertiary/aromatic N) is 4. The van der Waals surface area contributed by atoms with E-state index in [2.05, 4.69) is 25.2 Å². The topological polar surface area (TPSA) is 102 Å². The van der Waals surface area contributed by atoms with Crippen LogP contribution in [0.2, 0.25) is 0 Å². The molecule has 0 saturated carbocycles. The van der Waals surface area contributed by atoms with Crippen LogP contribution in [0, 0.1) is 11.7 Å². The molecule has 0 unspecified atom stereocenters. The van der Waals surface area contributed by atoms with E-state index in [9.17, 15) is 8.42 Å². The zero-order chi connectivity index (χ0) is 28.5. The maximum atomic E-state index is 15.1. The molecule has 1 aromatic heterocycles. The lowest BCUT2D eigenvalue weighted by molar-refractivity contribution is 0.391. The number of rotatable bonds is 8. The Morgan fingerprint density at radius 2 is 1.82 bits per heavy atom. The number of hydrogen-bond donors (Lipinski definition) is 3. The van der Waals surface area contributed by atoms with Crippen molar-refractivity contribution in [2.45, 2.75) is 44.8 Å². The summed E-state index contributed by atoms with van der Waals surface area (Å²) in [7, 11) is -1.58.